The molecule has 0 aromatic heterocycles. The highest BCUT2D eigenvalue weighted by Crippen LogP contribution is 2.27. The van der Waals surface area contributed by atoms with Crippen LogP contribution in [0.4, 0.5) is 4.79 Å². The Labute approximate surface area is 190 Å². The summed E-state index contributed by atoms with van der Waals surface area (Å²) < 4.78 is -0.365. The van der Waals surface area contributed by atoms with Crippen LogP contribution in [0.2, 0.25) is 0 Å². The van der Waals surface area contributed by atoms with Gasteiger partial charge in [-0.2, -0.15) is 5.26 Å². The molecule has 162 valence electrons. The van der Waals surface area contributed by atoms with E-state index in [9.17, 15) is 19.5 Å². The van der Waals surface area contributed by atoms with Gasteiger partial charge in [0.2, 0.25) is 11.8 Å². The fourth-order valence-electron chi connectivity index (χ4n) is 3.47. The minimum absolute atomic E-state index is 0.0336. The van der Waals surface area contributed by atoms with Gasteiger partial charge in [0.25, 0.3) is 3.91 Å². The van der Waals surface area contributed by atoms with Crippen LogP contribution in [0, 0.1) is 16.7 Å². The fraction of sp³-hybridized carbons (Fsp3) is 0.524. The van der Waals surface area contributed by atoms with Crippen LogP contribution in [-0.4, -0.2) is 50.5 Å². The Bertz CT molecular complexity index is 844. The van der Waals surface area contributed by atoms with Gasteiger partial charge in [-0.1, -0.05) is 32.9 Å². The molecule has 0 bridgehead atoms. The van der Waals surface area contributed by atoms with Crippen molar-refractivity contribution in [3.8, 4) is 6.07 Å². The lowest BCUT2D eigenvalue weighted by Crippen LogP contribution is -2.57. The van der Waals surface area contributed by atoms with Crippen LogP contribution < -0.4 is 10.6 Å². The van der Waals surface area contributed by atoms with Gasteiger partial charge < -0.3 is 20.6 Å². The van der Waals surface area contributed by atoms with Gasteiger partial charge in [0.1, 0.15) is 12.1 Å². The van der Waals surface area contributed by atoms with Gasteiger partial charge in [0.15, 0.2) is 0 Å². The van der Waals surface area contributed by atoms with Crippen LogP contribution in [-0.2, 0) is 9.59 Å². The van der Waals surface area contributed by atoms with Crippen molar-refractivity contribution < 1.29 is 19.5 Å². The summed E-state index contributed by atoms with van der Waals surface area (Å²) in [7, 11) is 0. The molecule has 1 saturated heterocycles. The maximum absolute atomic E-state index is 13.2. The number of nitriles is 1. The lowest BCUT2D eigenvalue weighted by Gasteiger charge is -2.35. The van der Waals surface area contributed by atoms with E-state index in [0.29, 0.717) is 5.56 Å². The molecule has 9 heteroatoms. The van der Waals surface area contributed by atoms with E-state index >= 15 is 0 Å². The number of nitrogens with zero attached hydrogens (tertiary/aromatic N) is 2. The monoisotopic (exact) mass is 526 g/mol. The summed E-state index contributed by atoms with van der Waals surface area (Å²) in [4.78, 5) is 39.1. The first-order chi connectivity index (χ1) is 13.9. The van der Waals surface area contributed by atoms with E-state index in [4.69, 9.17) is 5.26 Å². The van der Waals surface area contributed by atoms with Crippen molar-refractivity contribution in [3.63, 3.8) is 0 Å². The number of amides is 3. The smallest absolute Gasteiger partial charge is 0.281 e. The molecule has 1 aliphatic rings. The largest absolute Gasteiger partial charge is 0.391 e. The van der Waals surface area contributed by atoms with E-state index in [1.54, 1.807) is 46.9 Å². The second-order valence-electron chi connectivity index (χ2n) is 8.58. The van der Waals surface area contributed by atoms with Gasteiger partial charge >= 0.3 is 0 Å². The Morgan fingerprint density at radius 3 is 2.33 bits per heavy atom. The minimum Gasteiger partial charge on any atom is -0.391 e. The molecule has 30 heavy (non-hydrogen) atoms. The Morgan fingerprint density at radius 2 is 1.83 bits per heavy atom. The second kappa shape index (κ2) is 9.75. The summed E-state index contributed by atoms with van der Waals surface area (Å²) in [5.41, 5.74) is 0.782. The zero-order valence-electron chi connectivity index (χ0n) is 17.5. The SMILES string of the molecule is CC(NC(=O)C1CC(O)CN1C(=O)C(NC(=O)I)C(C)(C)C)c1ccc(C#N)cc1. The molecule has 0 spiro atoms. The number of aliphatic hydroxyl groups excluding tert-OH is 1. The van der Waals surface area contributed by atoms with Crippen molar-refractivity contribution in [2.24, 2.45) is 5.41 Å². The number of rotatable bonds is 5. The fourth-order valence-corrected chi connectivity index (χ4v) is 3.78. The third-order valence-electron chi connectivity index (χ3n) is 5.13. The Morgan fingerprint density at radius 1 is 1.23 bits per heavy atom. The first-order valence-corrected chi connectivity index (χ1v) is 10.8. The van der Waals surface area contributed by atoms with Crippen LogP contribution in [0.15, 0.2) is 24.3 Å². The highest BCUT2D eigenvalue weighted by molar-refractivity contribution is 14.1. The molecule has 3 amide bonds. The van der Waals surface area contributed by atoms with E-state index in [1.807, 2.05) is 33.8 Å². The Hall–Kier alpha value is -2.19. The lowest BCUT2D eigenvalue weighted by atomic mass is 9.85. The average Bonchev–Trinajstić information content (AvgIpc) is 3.06. The highest BCUT2D eigenvalue weighted by Gasteiger charge is 2.44. The molecule has 1 heterocycles. The van der Waals surface area contributed by atoms with Crippen molar-refractivity contribution in [3.05, 3.63) is 35.4 Å². The number of benzene rings is 1. The molecule has 4 atom stereocenters. The molecule has 1 aromatic rings. The van der Waals surface area contributed by atoms with Gasteiger partial charge in [-0.25, -0.2) is 0 Å². The summed E-state index contributed by atoms with van der Waals surface area (Å²) in [5.74, 6) is -0.763. The number of halogens is 1. The van der Waals surface area contributed by atoms with Crippen LogP contribution in [0.1, 0.15) is 51.3 Å². The Balaban J connectivity index is 2.17. The van der Waals surface area contributed by atoms with E-state index in [-0.39, 0.29) is 28.8 Å². The van der Waals surface area contributed by atoms with Crippen molar-refractivity contribution in [2.45, 2.75) is 58.3 Å². The van der Waals surface area contributed by atoms with E-state index in [1.165, 1.54) is 4.90 Å². The van der Waals surface area contributed by atoms with Gasteiger partial charge in [-0.05, 0) is 30.0 Å². The normalized spacial score (nSPS) is 20.8. The van der Waals surface area contributed by atoms with E-state index < -0.39 is 29.5 Å². The van der Waals surface area contributed by atoms with Gasteiger partial charge in [0.05, 0.1) is 23.8 Å². The zero-order chi connectivity index (χ0) is 22.6. The average molecular weight is 526 g/mol. The molecule has 0 aliphatic carbocycles. The lowest BCUT2D eigenvalue weighted by molar-refractivity contribution is -0.142. The van der Waals surface area contributed by atoms with Crippen LogP contribution in [0.25, 0.3) is 0 Å². The molecule has 4 unspecified atom stereocenters. The number of nitrogens with one attached hydrogen (secondary N) is 2. The van der Waals surface area contributed by atoms with Gasteiger partial charge in [0, 0.05) is 35.6 Å². The quantitative estimate of drug-likeness (QED) is 0.309. The molecule has 2 rings (SSSR count). The molecule has 0 radical (unpaired) electrons. The molecule has 8 nitrogen and oxygen atoms in total. The predicted molar refractivity (Wildman–Crippen MR) is 120 cm³/mol. The summed E-state index contributed by atoms with van der Waals surface area (Å²) in [6.45, 7) is 7.33. The number of hydrogen-bond donors (Lipinski definition) is 3. The molecule has 3 N–H and O–H groups in total. The number of aliphatic hydroxyl groups is 1. The summed E-state index contributed by atoms with van der Waals surface area (Å²) in [6, 6.07) is 6.94. The number of carbonyl (C=O) groups is 3. The van der Waals surface area contributed by atoms with E-state index in [0.717, 1.165) is 5.56 Å². The predicted octanol–water partition coefficient (Wildman–Crippen LogP) is 2.26. The number of β-amino-alcohol motifs (C(OH)–C–C–N with tert-alkyl or cyclic N) is 1. The zero-order valence-corrected chi connectivity index (χ0v) is 19.6. The van der Waals surface area contributed by atoms with Gasteiger partial charge in [-0.3, -0.25) is 14.4 Å². The third kappa shape index (κ3) is 5.92. The van der Waals surface area contributed by atoms with Crippen LogP contribution in [0.3, 0.4) is 0 Å². The molecular formula is C21H27IN4O4. The van der Waals surface area contributed by atoms with Crippen molar-refractivity contribution in [1.29, 1.82) is 5.26 Å². The number of carbonyl (C=O) groups excluding carboxylic acids is 3. The Kier molecular flexibility index (Phi) is 7.82. The number of likely N-dealkylation sites (tertiary alicyclic amines) is 1. The van der Waals surface area contributed by atoms with Gasteiger partial charge in [-0.15, -0.1) is 0 Å². The first kappa shape index (κ1) is 24.1. The van der Waals surface area contributed by atoms with Crippen molar-refractivity contribution in [2.75, 3.05) is 6.54 Å². The third-order valence-corrected chi connectivity index (χ3v) is 5.45. The van der Waals surface area contributed by atoms with Crippen LogP contribution in [0.5, 0.6) is 0 Å². The van der Waals surface area contributed by atoms with E-state index in [2.05, 4.69) is 10.6 Å². The van der Waals surface area contributed by atoms with Crippen LogP contribution >= 0.6 is 22.6 Å². The summed E-state index contributed by atoms with van der Waals surface area (Å²) >= 11 is 1.57. The standard InChI is InChI=1S/C21H27IN4O4/c1-12(14-7-5-13(10-23)6-8-14)24-18(28)16-9-15(27)11-26(16)19(29)17(21(2,3)4)25-20(22)30/h5-8,12,15-17,27H,9,11H2,1-4H3,(H,24,28)(H,25,30). The summed E-state index contributed by atoms with van der Waals surface area (Å²) in [6.07, 6.45) is -0.682. The number of hydrogen-bond acceptors (Lipinski definition) is 5. The molecule has 0 saturated carbocycles. The topological polar surface area (TPSA) is 123 Å². The highest BCUT2D eigenvalue weighted by atomic mass is 127. The molecular weight excluding hydrogens is 499 g/mol. The second-order valence-corrected chi connectivity index (χ2v) is 9.56. The first-order valence-electron chi connectivity index (χ1n) is 9.69. The maximum atomic E-state index is 13.2. The molecule has 1 fully saturated rings. The maximum Gasteiger partial charge on any atom is 0.281 e. The summed E-state index contributed by atoms with van der Waals surface area (Å²) in [5, 5.41) is 24.6. The molecule has 1 aliphatic heterocycles. The van der Waals surface area contributed by atoms with Crippen molar-refractivity contribution >= 4 is 38.3 Å². The minimum atomic E-state index is -0.829. The van der Waals surface area contributed by atoms with Crippen molar-refractivity contribution in [1.82, 2.24) is 15.5 Å². The molecule has 1 aromatic carbocycles.